The predicted octanol–water partition coefficient (Wildman–Crippen LogP) is 4.02. The number of rotatable bonds is 1. The minimum absolute atomic E-state index is 0.678. The van der Waals surface area contributed by atoms with Gasteiger partial charge in [0.2, 0.25) is 0 Å². The summed E-state index contributed by atoms with van der Waals surface area (Å²) >= 11 is 2.82. The Morgan fingerprint density at radius 1 is 0.737 bits per heavy atom. The largest absolute Gasteiger partial charge is 0.0779 e. The smallest absolute Gasteiger partial charge is 0.0325 e. The maximum absolute atomic E-state index is 2.82. The lowest BCUT2D eigenvalue weighted by molar-refractivity contribution is -0.555. The molecule has 0 bridgehead atoms. The molecular formula is C18H13I. The van der Waals surface area contributed by atoms with Crippen molar-refractivity contribution in [3.8, 4) is 0 Å². The molecule has 6 aliphatic carbocycles. The molecule has 0 atom stereocenters. The van der Waals surface area contributed by atoms with Gasteiger partial charge in [-0.25, -0.2) is 0 Å². The van der Waals surface area contributed by atoms with Crippen molar-refractivity contribution >= 4 is 33.4 Å². The summed E-state index contributed by atoms with van der Waals surface area (Å²) in [5, 5.41) is 2.84. The lowest BCUT2D eigenvalue weighted by Crippen LogP contribution is -3.12. The zero-order valence-corrected chi connectivity index (χ0v) is 12.5. The number of alkyl halides is 1. The van der Waals surface area contributed by atoms with E-state index in [1.165, 1.54) is 10.8 Å². The minimum Gasteiger partial charge on any atom is -0.0779 e. The normalized spacial score (nSPS) is 60.3. The molecule has 92 valence electrons. The fourth-order valence-electron chi connectivity index (χ4n) is 7.43. The van der Waals surface area contributed by atoms with E-state index in [2.05, 4.69) is 65.1 Å². The summed E-state index contributed by atoms with van der Waals surface area (Å²) in [6.45, 7) is 0. The highest BCUT2D eigenvalue weighted by atomic mass is 127. The molecule has 0 aliphatic heterocycles. The number of benzene rings is 2. The van der Waals surface area contributed by atoms with E-state index in [-0.39, 0.29) is 0 Å². The van der Waals surface area contributed by atoms with Gasteiger partial charge in [-0.3, -0.25) is 0 Å². The van der Waals surface area contributed by atoms with Crippen LogP contribution in [0, 0.1) is 35.5 Å². The molecule has 0 heterocycles. The maximum Gasteiger partial charge on any atom is 0.0325 e. The summed E-state index contributed by atoms with van der Waals surface area (Å²) in [4.78, 5) is 0. The van der Waals surface area contributed by atoms with Crippen LogP contribution in [-0.4, -0.2) is 3.42 Å². The quantitative estimate of drug-likeness (QED) is 0.535. The first-order chi connectivity index (χ1) is 9.30. The van der Waals surface area contributed by atoms with Crippen molar-refractivity contribution in [3.63, 3.8) is 0 Å². The highest BCUT2D eigenvalue weighted by molar-refractivity contribution is 14.1. The first-order valence-electron chi connectivity index (χ1n) is 7.49. The van der Waals surface area contributed by atoms with Gasteiger partial charge >= 0.3 is 0 Å². The minimum atomic E-state index is 0.678. The first kappa shape index (κ1) is 9.38. The molecule has 0 aromatic heterocycles. The Morgan fingerprint density at radius 2 is 1.37 bits per heavy atom. The second-order valence-electron chi connectivity index (χ2n) is 7.48. The molecule has 0 saturated heterocycles. The molecule has 0 N–H and O–H groups in total. The van der Waals surface area contributed by atoms with Crippen LogP contribution in [0.4, 0.5) is 0 Å². The second-order valence-corrected chi connectivity index (χ2v) is 9.35. The molecule has 8 rings (SSSR count). The molecule has 19 heavy (non-hydrogen) atoms. The third-order valence-electron chi connectivity index (χ3n) is 7.76. The molecule has 0 amide bonds. The average molecular weight is 356 g/mol. The molecule has 6 fully saturated rings. The molecular weight excluding hydrogens is 343 g/mol. The van der Waals surface area contributed by atoms with Gasteiger partial charge in [-0.15, -0.1) is 0 Å². The van der Waals surface area contributed by atoms with Gasteiger partial charge in [-0.1, -0.05) is 65.1 Å². The van der Waals surface area contributed by atoms with Crippen molar-refractivity contribution < 1.29 is 0 Å². The van der Waals surface area contributed by atoms with Gasteiger partial charge < -0.3 is 0 Å². The Labute approximate surface area is 125 Å². The molecule has 6 saturated carbocycles. The number of halogens is 1. The zero-order chi connectivity index (χ0) is 12.1. The molecule has 0 nitrogen and oxygen atoms in total. The number of hydrogen-bond donors (Lipinski definition) is 0. The molecule has 0 radical (unpaired) electrons. The molecule has 6 aliphatic rings. The van der Waals surface area contributed by atoms with E-state index in [1.807, 2.05) is 0 Å². The van der Waals surface area contributed by atoms with Crippen molar-refractivity contribution in [1.82, 2.24) is 0 Å². The van der Waals surface area contributed by atoms with E-state index >= 15 is 0 Å². The summed E-state index contributed by atoms with van der Waals surface area (Å²) in [7, 11) is 0. The van der Waals surface area contributed by atoms with Crippen molar-refractivity contribution in [2.45, 2.75) is 8.84 Å². The zero-order valence-electron chi connectivity index (χ0n) is 10.4. The molecule has 2 aromatic carbocycles. The number of fused-ring (bicyclic) bond motifs is 1. The van der Waals surface area contributed by atoms with Crippen LogP contribution in [0.5, 0.6) is 0 Å². The van der Waals surface area contributed by atoms with Crippen LogP contribution in [0.1, 0.15) is 5.56 Å². The summed E-state index contributed by atoms with van der Waals surface area (Å²) < 4.78 is 0.816. The Hall–Kier alpha value is -0.570. The van der Waals surface area contributed by atoms with Crippen LogP contribution in [0.15, 0.2) is 42.5 Å². The Balaban J connectivity index is 1.44. The van der Waals surface area contributed by atoms with E-state index in [1.54, 1.807) is 5.56 Å². The van der Waals surface area contributed by atoms with Crippen LogP contribution in [-0.2, 0) is 5.41 Å². The predicted molar refractivity (Wildman–Crippen MR) is 83.3 cm³/mol. The van der Waals surface area contributed by atoms with Crippen molar-refractivity contribution in [3.05, 3.63) is 48.0 Å². The Kier molecular flexibility index (Phi) is 1.13. The Bertz CT molecular complexity index is 751. The maximum atomic E-state index is 2.82. The average Bonchev–Trinajstić information content (AvgIpc) is 2.47. The van der Waals surface area contributed by atoms with Crippen LogP contribution < -0.4 is 0 Å². The van der Waals surface area contributed by atoms with Crippen molar-refractivity contribution in [2.75, 3.05) is 0 Å². The van der Waals surface area contributed by atoms with Crippen LogP contribution >= 0.6 is 22.6 Å². The summed E-state index contributed by atoms with van der Waals surface area (Å²) in [5.74, 6) is 6.64. The van der Waals surface area contributed by atoms with Crippen LogP contribution in [0.3, 0.4) is 0 Å². The van der Waals surface area contributed by atoms with Gasteiger partial charge in [0, 0.05) is 8.84 Å². The van der Waals surface area contributed by atoms with Gasteiger partial charge in [-0.2, -0.15) is 0 Å². The lowest BCUT2D eigenvalue weighted by Gasteiger charge is -3.10. The number of hydrogen-bond acceptors (Lipinski definition) is 0. The summed E-state index contributed by atoms with van der Waals surface area (Å²) in [5.41, 5.74) is 2.37. The molecule has 2 aromatic rings. The third-order valence-corrected chi connectivity index (χ3v) is 9.92. The summed E-state index contributed by atoms with van der Waals surface area (Å²) in [6, 6.07) is 16.1. The highest BCUT2D eigenvalue weighted by Gasteiger charge is 3.09. The highest BCUT2D eigenvalue weighted by Crippen LogP contribution is 3.08. The van der Waals surface area contributed by atoms with E-state index < -0.39 is 0 Å². The summed E-state index contributed by atoms with van der Waals surface area (Å²) in [6.07, 6.45) is 0. The lowest BCUT2D eigenvalue weighted by atomic mass is 8.96. The fourth-order valence-corrected chi connectivity index (χ4v) is 9.76. The van der Waals surface area contributed by atoms with Crippen LogP contribution in [0.2, 0.25) is 0 Å². The monoisotopic (exact) mass is 356 g/mol. The van der Waals surface area contributed by atoms with Crippen LogP contribution in [0.25, 0.3) is 10.8 Å². The van der Waals surface area contributed by atoms with E-state index in [0.29, 0.717) is 5.41 Å². The van der Waals surface area contributed by atoms with Gasteiger partial charge in [-0.05, 0) is 51.8 Å². The molecule has 0 spiro atoms. The first-order valence-corrected chi connectivity index (χ1v) is 8.57. The SMILES string of the molecule is IC12C3C4C1C1C2C3C41c1ccc2ccccc2c1. The van der Waals surface area contributed by atoms with E-state index in [0.717, 1.165) is 38.9 Å². The topological polar surface area (TPSA) is 0 Å². The van der Waals surface area contributed by atoms with Gasteiger partial charge in [0.25, 0.3) is 0 Å². The van der Waals surface area contributed by atoms with Gasteiger partial charge in [0.1, 0.15) is 0 Å². The van der Waals surface area contributed by atoms with Crippen molar-refractivity contribution in [1.29, 1.82) is 0 Å². The molecule has 0 unspecified atom stereocenters. The van der Waals surface area contributed by atoms with E-state index in [4.69, 9.17) is 0 Å². The van der Waals surface area contributed by atoms with Gasteiger partial charge in [0.05, 0.1) is 0 Å². The fraction of sp³-hybridized carbons (Fsp3) is 0.444. The van der Waals surface area contributed by atoms with E-state index in [9.17, 15) is 0 Å². The standard InChI is InChI=1S/C18H13I/c19-18-14-11-15(18)13-16(18)12(14)17(11,13)10-6-5-8-3-1-2-4-9(8)7-10/h1-7,11-16H. The second kappa shape index (κ2) is 2.28. The Morgan fingerprint density at radius 3 is 2.05 bits per heavy atom. The van der Waals surface area contributed by atoms with Crippen molar-refractivity contribution in [2.24, 2.45) is 35.5 Å². The third kappa shape index (κ3) is 0.569. The van der Waals surface area contributed by atoms with Gasteiger partial charge in [0.15, 0.2) is 0 Å². The molecule has 1 heteroatoms.